The number of aromatic amines is 1. The summed E-state index contributed by atoms with van der Waals surface area (Å²) >= 11 is 0. The van der Waals surface area contributed by atoms with Gasteiger partial charge in [-0.3, -0.25) is 4.99 Å². The van der Waals surface area contributed by atoms with Crippen molar-refractivity contribution in [3.8, 4) is 0 Å². The normalized spacial score (nSPS) is 22.9. The number of ether oxygens (including phenoxy) is 1. The van der Waals surface area contributed by atoms with Crippen LogP contribution in [0.25, 0.3) is 0 Å². The maximum absolute atomic E-state index is 5.45. The monoisotopic (exact) mass is 178 g/mol. The fourth-order valence-corrected chi connectivity index (χ4v) is 1.48. The van der Waals surface area contributed by atoms with Gasteiger partial charge in [0.25, 0.3) is 0 Å². The highest BCUT2D eigenvalue weighted by Gasteiger charge is 2.13. The minimum absolute atomic E-state index is 0.353. The third kappa shape index (κ3) is 2.42. The Labute approximate surface area is 77.8 Å². The number of aliphatic imine (C=N–C) groups is 1. The molecule has 1 aliphatic rings. The number of hydrogen-bond acceptors (Lipinski definition) is 2. The molecule has 1 atom stereocenters. The Bertz CT molecular complexity index is 260. The van der Waals surface area contributed by atoms with Crippen molar-refractivity contribution < 1.29 is 4.74 Å². The van der Waals surface area contributed by atoms with Crippen molar-refractivity contribution in [3.63, 3.8) is 0 Å². The lowest BCUT2D eigenvalue weighted by Crippen LogP contribution is -2.08. The molecule has 0 saturated carbocycles. The Morgan fingerprint density at radius 2 is 2.69 bits per heavy atom. The second kappa shape index (κ2) is 4.23. The molecule has 3 nitrogen and oxygen atoms in total. The summed E-state index contributed by atoms with van der Waals surface area (Å²) in [6, 6.07) is 3.96. The van der Waals surface area contributed by atoms with Crippen molar-refractivity contribution >= 4 is 6.21 Å². The number of aromatic nitrogens is 1. The molecule has 0 radical (unpaired) electrons. The minimum Gasteiger partial charge on any atom is -0.376 e. The van der Waals surface area contributed by atoms with E-state index in [-0.39, 0.29) is 0 Å². The first-order valence-corrected chi connectivity index (χ1v) is 4.70. The number of hydrogen-bond donors (Lipinski definition) is 1. The van der Waals surface area contributed by atoms with E-state index in [0.717, 1.165) is 25.3 Å². The topological polar surface area (TPSA) is 37.4 Å². The van der Waals surface area contributed by atoms with Gasteiger partial charge in [0.2, 0.25) is 0 Å². The number of H-pyrrole nitrogens is 1. The SMILES string of the molecule is C(=NCC1CCCO1)c1ccc[nH]1. The van der Waals surface area contributed by atoms with Gasteiger partial charge in [-0.15, -0.1) is 0 Å². The molecule has 3 heteroatoms. The summed E-state index contributed by atoms with van der Waals surface area (Å²) in [7, 11) is 0. The van der Waals surface area contributed by atoms with Gasteiger partial charge in [0.15, 0.2) is 0 Å². The molecule has 70 valence electrons. The van der Waals surface area contributed by atoms with E-state index in [1.807, 2.05) is 24.5 Å². The zero-order valence-corrected chi connectivity index (χ0v) is 7.57. The standard InChI is InChI=1S/C10H14N2O/c1-3-9(12-5-1)7-11-8-10-4-2-6-13-10/h1,3,5,7,10,12H,2,4,6,8H2. The molecule has 1 aromatic rings. The highest BCUT2D eigenvalue weighted by atomic mass is 16.5. The van der Waals surface area contributed by atoms with E-state index in [1.54, 1.807) is 0 Å². The Balaban J connectivity index is 1.78. The summed E-state index contributed by atoms with van der Waals surface area (Å²) in [6.45, 7) is 1.70. The molecular formula is C10H14N2O. The number of nitrogens with one attached hydrogen (secondary N) is 1. The Morgan fingerprint density at radius 3 is 3.38 bits per heavy atom. The largest absolute Gasteiger partial charge is 0.376 e. The van der Waals surface area contributed by atoms with Crippen LogP contribution in [-0.2, 0) is 4.74 Å². The van der Waals surface area contributed by atoms with Crippen molar-refractivity contribution in [2.24, 2.45) is 4.99 Å². The van der Waals surface area contributed by atoms with Gasteiger partial charge in [-0.1, -0.05) is 0 Å². The smallest absolute Gasteiger partial charge is 0.0771 e. The minimum atomic E-state index is 0.353. The van der Waals surface area contributed by atoms with Crippen LogP contribution in [-0.4, -0.2) is 30.5 Å². The second-order valence-corrected chi connectivity index (χ2v) is 3.25. The molecule has 13 heavy (non-hydrogen) atoms. The van der Waals surface area contributed by atoms with Gasteiger partial charge in [-0.2, -0.15) is 0 Å². The number of nitrogens with zero attached hydrogens (tertiary/aromatic N) is 1. The van der Waals surface area contributed by atoms with E-state index in [4.69, 9.17) is 4.74 Å². The van der Waals surface area contributed by atoms with Crippen LogP contribution in [0.1, 0.15) is 18.5 Å². The fraction of sp³-hybridized carbons (Fsp3) is 0.500. The zero-order valence-electron chi connectivity index (χ0n) is 7.57. The maximum atomic E-state index is 5.45. The van der Waals surface area contributed by atoms with E-state index >= 15 is 0 Å². The Kier molecular flexibility index (Phi) is 2.77. The van der Waals surface area contributed by atoms with Gasteiger partial charge in [-0.05, 0) is 25.0 Å². The third-order valence-electron chi connectivity index (χ3n) is 2.19. The van der Waals surface area contributed by atoms with Gasteiger partial charge >= 0.3 is 0 Å². The molecule has 0 bridgehead atoms. The lowest BCUT2D eigenvalue weighted by atomic mass is 10.2. The van der Waals surface area contributed by atoms with Crippen LogP contribution in [0.5, 0.6) is 0 Å². The predicted molar refractivity (Wildman–Crippen MR) is 52.2 cm³/mol. The molecule has 1 N–H and O–H groups in total. The van der Waals surface area contributed by atoms with E-state index in [0.29, 0.717) is 6.10 Å². The molecule has 1 saturated heterocycles. The summed E-state index contributed by atoms with van der Waals surface area (Å²) in [5.74, 6) is 0. The summed E-state index contributed by atoms with van der Waals surface area (Å²) < 4.78 is 5.45. The summed E-state index contributed by atoms with van der Waals surface area (Å²) in [5, 5.41) is 0. The van der Waals surface area contributed by atoms with Crippen LogP contribution in [0.15, 0.2) is 23.3 Å². The molecule has 1 unspecified atom stereocenters. The van der Waals surface area contributed by atoms with Crippen molar-refractivity contribution in [1.82, 2.24) is 4.98 Å². The first kappa shape index (κ1) is 8.51. The van der Waals surface area contributed by atoms with Crippen LogP contribution in [0.4, 0.5) is 0 Å². The van der Waals surface area contributed by atoms with Crippen molar-refractivity contribution in [2.45, 2.75) is 18.9 Å². The highest BCUT2D eigenvalue weighted by Crippen LogP contribution is 2.11. The fourth-order valence-electron chi connectivity index (χ4n) is 1.48. The molecule has 0 aliphatic carbocycles. The van der Waals surface area contributed by atoms with Crippen LogP contribution in [0, 0.1) is 0 Å². The first-order valence-electron chi connectivity index (χ1n) is 4.70. The van der Waals surface area contributed by atoms with Gasteiger partial charge < -0.3 is 9.72 Å². The van der Waals surface area contributed by atoms with Crippen molar-refractivity contribution in [1.29, 1.82) is 0 Å². The Hall–Kier alpha value is -1.09. The average molecular weight is 178 g/mol. The van der Waals surface area contributed by atoms with Gasteiger partial charge in [0, 0.05) is 19.0 Å². The second-order valence-electron chi connectivity index (χ2n) is 3.25. The molecule has 0 spiro atoms. The summed E-state index contributed by atoms with van der Waals surface area (Å²) in [4.78, 5) is 7.39. The van der Waals surface area contributed by atoms with Crippen molar-refractivity contribution in [3.05, 3.63) is 24.0 Å². The molecule has 1 aliphatic heterocycles. The van der Waals surface area contributed by atoms with Crippen molar-refractivity contribution in [2.75, 3.05) is 13.2 Å². The molecule has 1 fully saturated rings. The lowest BCUT2D eigenvalue weighted by Gasteiger charge is -2.03. The van der Waals surface area contributed by atoms with E-state index < -0.39 is 0 Å². The van der Waals surface area contributed by atoms with Crippen LogP contribution in [0.2, 0.25) is 0 Å². The first-order chi connectivity index (χ1) is 6.45. The van der Waals surface area contributed by atoms with Gasteiger partial charge in [0.1, 0.15) is 0 Å². The summed E-state index contributed by atoms with van der Waals surface area (Å²) in [5.41, 5.74) is 1.05. The quantitative estimate of drug-likeness (QED) is 0.701. The summed E-state index contributed by atoms with van der Waals surface area (Å²) in [6.07, 6.45) is 6.45. The lowest BCUT2D eigenvalue weighted by molar-refractivity contribution is 0.118. The maximum Gasteiger partial charge on any atom is 0.0771 e. The molecule has 2 heterocycles. The van der Waals surface area contributed by atoms with Crippen LogP contribution in [0.3, 0.4) is 0 Å². The van der Waals surface area contributed by atoms with Crippen LogP contribution >= 0.6 is 0 Å². The average Bonchev–Trinajstić information content (AvgIpc) is 2.75. The molecule has 1 aromatic heterocycles. The van der Waals surface area contributed by atoms with E-state index in [2.05, 4.69) is 9.98 Å². The number of rotatable bonds is 3. The predicted octanol–water partition coefficient (Wildman–Crippen LogP) is 1.61. The third-order valence-corrected chi connectivity index (χ3v) is 2.19. The van der Waals surface area contributed by atoms with E-state index in [9.17, 15) is 0 Å². The molecule has 0 aromatic carbocycles. The van der Waals surface area contributed by atoms with Gasteiger partial charge in [-0.25, -0.2) is 0 Å². The molecular weight excluding hydrogens is 164 g/mol. The van der Waals surface area contributed by atoms with Crippen LogP contribution < -0.4 is 0 Å². The van der Waals surface area contributed by atoms with E-state index in [1.165, 1.54) is 6.42 Å². The zero-order chi connectivity index (χ0) is 8.93. The highest BCUT2D eigenvalue weighted by molar-refractivity contribution is 5.76. The molecule has 0 amide bonds. The Morgan fingerprint density at radius 1 is 1.69 bits per heavy atom. The van der Waals surface area contributed by atoms with Gasteiger partial charge in [0.05, 0.1) is 18.3 Å². The molecule has 2 rings (SSSR count).